The van der Waals surface area contributed by atoms with Crippen molar-refractivity contribution in [2.75, 3.05) is 0 Å². The van der Waals surface area contributed by atoms with Gasteiger partial charge in [-0.05, 0) is 42.3 Å². The van der Waals surface area contributed by atoms with E-state index in [1.54, 1.807) is 31.2 Å². The van der Waals surface area contributed by atoms with Gasteiger partial charge in [0.2, 0.25) is 0 Å². The van der Waals surface area contributed by atoms with E-state index in [9.17, 15) is 9.59 Å². The van der Waals surface area contributed by atoms with E-state index in [4.69, 9.17) is 28.3 Å². The third-order valence-corrected chi connectivity index (χ3v) is 3.72. The Balaban J connectivity index is 2.13. The largest absolute Gasteiger partial charge is 0.478 e. The summed E-state index contributed by atoms with van der Waals surface area (Å²) in [7, 11) is 0. The maximum Gasteiger partial charge on any atom is 0.335 e. The second-order valence-corrected chi connectivity index (χ2v) is 5.60. The Labute approximate surface area is 137 Å². The van der Waals surface area contributed by atoms with E-state index >= 15 is 0 Å². The molecule has 0 bridgehead atoms. The number of carbonyl (C=O) groups excluding carboxylic acids is 1. The summed E-state index contributed by atoms with van der Waals surface area (Å²) in [6.45, 7) is 1.92. The van der Waals surface area contributed by atoms with E-state index in [0.717, 1.165) is 0 Å². The van der Waals surface area contributed by atoms with Crippen LogP contribution in [0.5, 0.6) is 0 Å². The zero-order chi connectivity index (χ0) is 16.3. The van der Waals surface area contributed by atoms with E-state index in [2.05, 4.69) is 5.32 Å². The molecule has 0 aliphatic rings. The van der Waals surface area contributed by atoms with Crippen molar-refractivity contribution in [3.63, 3.8) is 0 Å². The fourth-order valence-electron chi connectivity index (χ4n) is 1.96. The minimum Gasteiger partial charge on any atom is -0.478 e. The highest BCUT2D eigenvalue weighted by molar-refractivity contribution is 6.35. The first-order chi connectivity index (χ1) is 10.4. The molecule has 2 rings (SSSR count). The Kier molecular flexibility index (Phi) is 5.06. The van der Waals surface area contributed by atoms with Crippen molar-refractivity contribution in [2.24, 2.45) is 0 Å². The molecule has 0 aromatic heterocycles. The van der Waals surface area contributed by atoms with Crippen molar-refractivity contribution in [1.82, 2.24) is 5.32 Å². The van der Waals surface area contributed by atoms with Crippen LogP contribution in [0.4, 0.5) is 0 Å². The first kappa shape index (κ1) is 16.3. The average molecular weight is 338 g/mol. The summed E-state index contributed by atoms with van der Waals surface area (Å²) in [5.74, 6) is -1.37. The summed E-state index contributed by atoms with van der Waals surface area (Å²) < 4.78 is 0. The van der Waals surface area contributed by atoms with Crippen molar-refractivity contribution < 1.29 is 14.7 Å². The van der Waals surface area contributed by atoms with Gasteiger partial charge in [0, 0.05) is 11.6 Å². The van der Waals surface area contributed by atoms with E-state index in [1.165, 1.54) is 12.1 Å². The van der Waals surface area contributed by atoms with Gasteiger partial charge in [-0.1, -0.05) is 35.3 Å². The van der Waals surface area contributed by atoms with Gasteiger partial charge in [-0.15, -0.1) is 0 Å². The molecule has 22 heavy (non-hydrogen) atoms. The number of carboxylic acid groups (broad SMARTS) is 1. The first-order valence-corrected chi connectivity index (χ1v) is 7.20. The molecule has 0 aliphatic carbocycles. The van der Waals surface area contributed by atoms with Crippen LogP contribution in [0.15, 0.2) is 36.4 Å². The Morgan fingerprint density at radius 3 is 2.50 bits per heavy atom. The van der Waals surface area contributed by atoms with Crippen LogP contribution in [0.2, 0.25) is 10.0 Å². The summed E-state index contributed by atoms with van der Waals surface area (Å²) >= 11 is 11.8. The predicted octanol–water partition coefficient (Wildman–Crippen LogP) is 3.93. The van der Waals surface area contributed by atoms with Gasteiger partial charge in [0.25, 0.3) is 5.91 Å². The number of hydrogen-bond acceptors (Lipinski definition) is 2. The van der Waals surface area contributed by atoms with Gasteiger partial charge >= 0.3 is 5.97 Å². The van der Waals surface area contributed by atoms with Gasteiger partial charge in [-0.2, -0.15) is 0 Å². The number of hydrogen-bond donors (Lipinski definition) is 2. The van der Waals surface area contributed by atoms with E-state index in [-0.39, 0.29) is 23.6 Å². The van der Waals surface area contributed by atoms with Gasteiger partial charge in [-0.3, -0.25) is 4.79 Å². The average Bonchev–Trinajstić information content (AvgIpc) is 2.48. The third-order valence-electron chi connectivity index (χ3n) is 3.16. The lowest BCUT2D eigenvalue weighted by Crippen LogP contribution is -2.23. The zero-order valence-corrected chi connectivity index (χ0v) is 13.2. The summed E-state index contributed by atoms with van der Waals surface area (Å²) in [5, 5.41) is 12.5. The Bertz CT molecular complexity index is 744. The molecule has 2 N–H and O–H groups in total. The van der Waals surface area contributed by atoms with Crippen LogP contribution in [0.25, 0.3) is 0 Å². The van der Waals surface area contributed by atoms with Gasteiger partial charge in [0.05, 0.1) is 16.1 Å². The smallest absolute Gasteiger partial charge is 0.335 e. The van der Waals surface area contributed by atoms with Gasteiger partial charge < -0.3 is 10.4 Å². The molecule has 6 heteroatoms. The van der Waals surface area contributed by atoms with Crippen molar-refractivity contribution in [3.05, 3.63) is 68.7 Å². The Morgan fingerprint density at radius 2 is 1.82 bits per heavy atom. The van der Waals surface area contributed by atoms with Crippen LogP contribution < -0.4 is 5.32 Å². The Hall–Kier alpha value is -2.04. The number of carbonyl (C=O) groups is 2. The van der Waals surface area contributed by atoms with Crippen LogP contribution >= 0.6 is 23.2 Å². The number of halogens is 2. The van der Waals surface area contributed by atoms with Crippen LogP contribution in [0, 0.1) is 6.92 Å². The molecule has 0 radical (unpaired) electrons. The SMILES string of the molecule is Cc1ccc(CNC(=O)c2cc(Cl)ccc2Cl)cc1C(=O)O. The summed E-state index contributed by atoms with van der Waals surface area (Å²) in [5.41, 5.74) is 1.85. The van der Waals surface area contributed by atoms with Crippen molar-refractivity contribution in [2.45, 2.75) is 13.5 Å². The summed E-state index contributed by atoms with van der Waals surface area (Å²) in [4.78, 5) is 23.2. The highest BCUT2D eigenvalue weighted by Gasteiger charge is 2.12. The fraction of sp³-hybridized carbons (Fsp3) is 0.125. The number of nitrogens with one attached hydrogen (secondary N) is 1. The molecule has 4 nitrogen and oxygen atoms in total. The zero-order valence-electron chi connectivity index (χ0n) is 11.7. The molecule has 2 aromatic rings. The number of aromatic carboxylic acids is 1. The van der Waals surface area contributed by atoms with Crippen molar-refractivity contribution in [3.8, 4) is 0 Å². The standard InChI is InChI=1S/C16H13Cl2NO3/c1-9-2-3-10(6-12(9)16(21)22)8-19-15(20)13-7-11(17)4-5-14(13)18/h2-7H,8H2,1H3,(H,19,20)(H,21,22). The quantitative estimate of drug-likeness (QED) is 0.888. The molecule has 0 heterocycles. The molecule has 0 spiro atoms. The highest BCUT2D eigenvalue weighted by Crippen LogP contribution is 2.20. The topological polar surface area (TPSA) is 66.4 Å². The summed E-state index contributed by atoms with van der Waals surface area (Å²) in [6, 6.07) is 9.64. The first-order valence-electron chi connectivity index (χ1n) is 6.44. The molecular weight excluding hydrogens is 325 g/mol. The molecule has 0 fully saturated rings. The number of rotatable bonds is 4. The molecule has 0 saturated carbocycles. The minimum absolute atomic E-state index is 0.197. The molecule has 114 valence electrons. The molecule has 0 unspecified atom stereocenters. The van der Waals surface area contributed by atoms with E-state index < -0.39 is 5.97 Å². The normalized spacial score (nSPS) is 10.3. The maximum absolute atomic E-state index is 12.1. The number of aryl methyl sites for hydroxylation is 1. The monoisotopic (exact) mass is 337 g/mol. The molecule has 0 aliphatic heterocycles. The lowest BCUT2D eigenvalue weighted by Gasteiger charge is -2.09. The minimum atomic E-state index is -0.997. The highest BCUT2D eigenvalue weighted by atomic mass is 35.5. The van der Waals surface area contributed by atoms with Gasteiger partial charge in [-0.25, -0.2) is 4.79 Å². The van der Waals surface area contributed by atoms with Gasteiger partial charge in [0.1, 0.15) is 0 Å². The Morgan fingerprint density at radius 1 is 1.09 bits per heavy atom. The van der Waals surface area contributed by atoms with Gasteiger partial charge in [0.15, 0.2) is 0 Å². The lowest BCUT2D eigenvalue weighted by molar-refractivity contribution is 0.0696. The fourth-order valence-corrected chi connectivity index (χ4v) is 2.33. The van der Waals surface area contributed by atoms with Crippen molar-refractivity contribution in [1.29, 1.82) is 0 Å². The number of benzene rings is 2. The number of amides is 1. The van der Waals surface area contributed by atoms with E-state index in [1.807, 2.05) is 0 Å². The van der Waals surface area contributed by atoms with Crippen LogP contribution in [0.1, 0.15) is 31.8 Å². The number of carboxylic acids is 1. The third kappa shape index (κ3) is 3.78. The predicted molar refractivity (Wildman–Crippen MR) is 85.8 cm³/mol. The molecule has 0 saturated heterocycles. The summed E-state index contributed by atoms with van der Waals surface area (Å²) in [6.07, 6.45) is 0. The molecular formula is C16H13Cl2NO3. The van der Waals surface area contributed by atoms with Crippen LogP contribution in [0.3, 0.4) is 0 Å². The molecule has 1 amide bonds. The van der Waals surface area contributed by atoms with Crippen LogP contribution in [-0.2, 0) is 6.54 Å². The second kappa shape index (κ2) is 6.81. The van der Waals surface area contributed by atoms with Crippen LogP contribution in [-0.4, -0.2) is 17.0 Å². The maximum atomic E-state index is 12.1. The van der Waals surface area contributed by atoms with E-state index in [0.29, 0.717) is 21.2 Å². The van der Waals surface area contributed by atoms with Crippen molar-refractivity contribution >= 4 is 35.1 Å². The lowest BCUT2D eigenvalue weighted by atomic mass is 10.0. The molecule has 0 atom stereocenters. The molecule has 2 aromatic carbocycles. The second-order valence-electron chi connectivity index (χ2n) is 4.76.